The van der Waals surface area contributed by atoms with Crippen LogP contribution in [-0.4, -0.2) is 18.5 Å². The normalized spacial score (nSPS) is 10.7. The van der Waals surface area contributed by atoms with Gasteiger partial charge in [-0.3, -0.25) is 9.59 Å². The lowest BCUT2D eigenvalue weighted by molar-refractivity contribution is -0.146. The summed E-state index contributed by atoms with van der Waals surface area (Å²) in [6, 6.07) is 7.63. The minimum absolute atomic E-state index is 0.222. The van der Waals surface area contributed by atoms with Crippen LogP contribution in [0.5, 0.6) is 0 Å². The van der Waals surface area contributed by atoms with Crippen LogP contribution in [0.1, 0.15) is 102 Å². The fourth-order valence-electron chi connectivity index (χ4n) is 3.25. The van der Waals surface area contributed by atoms with Crippen molar-refractivity contribution in [1.82, 2.24) is 0 Å². The number of ether oxygens (including phenoxy) is 2. The molecular weight excluding hydrogens is 444 g/mol. The molecule has 1 aromatic carbocycles. The Morgan fingerprint density at radius 1 is 0.733 bits per heavy atom. The molecular formula is C25H39BrO4. The molecule has 0 atom stereocenters. The third-order valence-electron chi connectivity index (χ3n) is 5.12. The Balaban J connectivity index is 1.89. The molecule has 0 amide bonds. The Bertz CT molecular complexity index is 588. The molecule has 0 heterocycles. The Hall–Kier alpha value is -1.36. The lowest BCUT2D eigenvalue weighted by atomic mass is 10.1. The highest BCUT2D eigenvalue weighted by Crippen LogP contribution is 2.17. The molecule has 0 aliphatic heterocycles. The second-order valence-corrected chi connectivity index (χ2v) is 8.72. The van der Waals surface area contributed by atoms with E-state index in [0.717, 1.165) is 22.9 Å². The summed E-state index contributed by atoms with van der Waals surface area (Å²) in [5, 5.41) is 0. The zero-order chi connectivity index (χ0) is 21.9. The van der Waals surface area contributed by atoms with E-state index in [1.807, 2.05) is 24.3 Å². The van der Waals surface area contributed by atoms with Gasteiger partial charge in [0.1, 0.15) is 6.61 Å². The topological polar surface area (TPSA) is 52.6 Å². The van der Waals surface area contributed by atoms with Crippen LogP contribution in [-0.2, 0) is 25.7 Å². The maximum Gasteiger partial charge on any atom is 0.306 e. The third kappa shape index (κ3) is 14.6. The maximum atomic E-state index is 11.8. The maximum absolute atomic E-state index is 11.8. The van der Waals surface area contributed by atoms with Gasteiger partial charge in [-0.15, -0.1) is 0 Å². The van der Waals surface area contributed by atoms with Crippen molar-refractivity contribution in [2.24, 2.45) is 0 Å². The Morgan fingerprint density at radius 3 is 1.87 bits per heavy atom. The molecule has 0 fully saturated rings. The molecule has 170 valence electrons. The molecule has 1 aromatic rings. The Morgan fingerprint density at radius 2 is 1.27 bits per heavy atom. The molecule has 0 aliphatic rings. The number of rotatable bonds is 18. The van der Waals surface area contributed by atoms with E-state index in [-0.39, 0.29) is 31.4 Å². The highest BCUT2D eigenvalue weighted by molar-refractivity contribution is 9.10. The number of hydrogen-bond acceptors (Lipinski definition) is 4. The summed E-state index contributed by atoms with van der Waals surface area (Å²) < 4.78 is 11.4. The first-order valence-corrected chi connectivity index (χ1v) is 12.5. The summed E-state index contributed by atoms with van der Waals surface area (Å²) in [4.78, 5) is 23.5. The summed E-state index contributed by atoms with van der Waals surface area (Å²) in [5.74, 6) is -0.510. The van der Waals surface area contributed by atoms with E-state index in [1.54, 1.807) is 0 Å². The van der Waals surface area contributed by atoms with Crippen LogP contribution in [0.25, 0.3) is 0 Å². The van der Waals surface area contributed by atoms with Gasteiger partial charge in [0.15, 0.2) is 0 Å². The number of hydrogen-bond donors (Lipinski definition) is 0. The van der Waals surface area contributed by atoms with E-state index >= 15 is 0 Å². The Kier molecular flexibility index (Phi) is 16.4. The SMILES string of the molecule is CCCCCCCCCCCCCOC(=O)CCCC(=O)OCc1ccccc1Br. The molecule has 0 aliphatic carbocycles. The van der Waals surface area contributed by atoms with Crippen LogP contribution in [0.2, 0.25) is 0 Å². The molecule has 4 nitrogen and oxygen atoms in total. The van der Waals surface area contributed by atoms with Crippen molar-refractivity contribution >= 4 is 27.9 Å². The highest BCUT2D eigenvalue weighted by atomic mass is 79.9. The monoisotopic (exact) mass is 482 g/mol. The average Bonchev–Trinajstić information content (AvgIpc) is 2.74. The van der Waals surface area contributed by atoms with Crippen molar-refractivity contribution in [2.75, 3.05) is 6.61 Å². The second-order valence-electron chi connectivity index (χ2n) is 7.86. The van der Waals surface area contributed by atoms with Gasteiger partial charge in [-0.2, -0.15) is 0 Å². The van der Waals surface area contributed by atoms with Crippen LogP contribution in [0.4, 0.5) is 0 Å². The molecule has 0 spiro atoms. The van der Waals surface area contributed by atoms with E-state index in [4.69, 9.17) is 9.47 Å². The van der Waals surface area contributed by atoms with Gasteiger partial charge in [0.05, 0.1) is 6.61 Å². The second kappa shape index (κ2) is 18.4. The predicted octanol–water partition coefficient (Wildman–Crippen LogP) is 7.52. The van der Waals surface area contributed by atoms with Gasteiger partial charge >= 0.3 is 11.9 Å². The predicted molar refractivity (Wildman–Crippen MR) is 125 cm³/mol. The lowest BCUT2D eigenvalue weighted by Gasteiger charge is -2.07. The van der Waals surface area contributed by atoms with E-state index < -0.39 is 0 Å². The third-order valence-corrected chi connectivity index (χ3v) is 5.89. The molecule has 0 unspecified atom stereocenters. The fourth-order valence-corrected chi connectivity index (χ4v) is 3.65. The minimum atomic E-state index is -0.288. The van der Waals surface area contributed by atoms with Crippen LogP contribution >= 0.6 is 15.9 Å². The smallest absolute Gasteiger partial charge is 0.306 e. The molecule has 0 saturated carbocycles. The number of carbonyl (C=O) groups is 2. The van der Waals surface area contributed by atoms with Crippen molar-refractivity contribution in [3.8, 4) is 0 Å². The minimum Gasteiger partial charge on any atom is -0.466 e. The standard InChI is InChI=1S/C25H39BrO4/c1-2-3-4-5-6-7-8-9-10-11-14-20-29-24(27)18-15-19-25(28)30-21-22-16-12-13-17-23(22)26/h12-13,16-17H,2-11,14-15,18-21H2,1H3. The number of halogens is 1. The molecule has 30 heavy (non-hydrogen) atoms. The van der Waals surface area contributed by atoms with Crippen molar-refractivity contribution in [3.63, 3.8) is 0 Å². The van der Waals surface area contributed by atoms with Gasteiger partial charge in [0, 0.05) is 22.9 Å². The summed E-state index contributed by atoms with van der Waals surface area (Å²) in [5.41, 5.74) is 0.928. The van der Waals surface area contributed by atoms with Crippen LogP contribution in [0.15, 0.2) is 28.7 Å². The summed E-state index contributed by atoms with van der Waals surface area (Å²) >= 11 is 3.43. The van der Waals surface area contributed by atoms with Crippen molar-refractivity contribution in [3.05, 3.63) is 34.3 Å². The number of unbranched alkanes of at least 4 members (excludes halogenated alkanes) is 10. The number of benzene rings is 1. The molecule has 0 saturated heterocycles. The van der Waals surface area contributed by atoms with E-state index in [1.165, 1.54) is 57.8 Å². The first kappa shape index (κ1) is 26.7. The summed E-state index contributed by atoms with van der Waals surface area (Å²) in [6.07, 6.45) is 15.0. The van der Waals surface area contributed by atoms with Crippen LogP contribution < -0.4 is 0 Å². The number of carbonyl (C=O) groups excluding carboxylic acids is 2. The molecule has 1 rings (SSSR count). The average molecular weight is 483 g/mol. The molecule has 0 N–H and O–H groups in total. The van der Waals surface area contributed by atoms with Crippen molar-refractivity contribution in [2.45, 2.75) is 103 Å². The summed E-state index contributed by atoms with van der Waals surface area (Å²) in [7, 11) is 0. The van der Waals surface area contributed by atoms with E-state index in [0.29, 0.717) is 13.0 Å². The van der Waals surface area contributed by atoms with Gasteiger partial charge in [-0.1, -0.05) is 105 Å². The quantitative estimate of drug-likeness (QED) is 0.160. The van der Waals surface area contributed by atoms with Gasteiger partial charge in [-0.25, -0.2) is 0 Å². The molecule has 0 bridgehead atoms. The first-order valence-electron chi connectivity index (χ1n) is 11.7. The molecule has 5 heteroatoms. The molecule has 0 aromatic heterocycles. The Labute approximate surface area is 191 Å². The fraction of sp³-hybridized carbons (Fsp3) is 0.680. The largest absolute Gasteiger partial charge is 0.466 e. The van der Waals surface area contributed by atoms with Crippen molar-refractivity contribution < 1.29 is 19.1 Å². The number of esters is 2. The zero-order valence-electron chi connectivity index (χ0n) is 18.6. The molecule has 0 radical (unpaired) electrons. The zero-order valence-corrected chi connectivity index (χ0v) is 20.2. The highest BCUT2D eigenvalue weighted by Gasteiger charge is 2.08. The van der Waals surface area contributed by atoms with Gasteiger partial charge in [0.2, 0.25) is 0 Å². The van der Waals surface area contributed by atoms with Crippen LogP contribution in [0.3, 0.4) is 0 Å². The van der Waals surface area contributed by atoms with Gasteiger partial charge in [-0.05, 0) is 18.9 Å². The van der Waals surface area contributed by atoms with Gasteiger partial charge < -0.3 is 9.47 Å². The van der Waals surface area contributed by atoms with E-state index in [9.17, 15) is 9.59 Å². The van der Waals surface area contributed by atoms with Crippen LogP contribution in [0, 0.1) is 0 Å². The summed E-state index contributed by atoms with van der Waals surface area (Å²) in [6.45, 7) is 2.98. The van der Waals surface area contributed by atoms with E-state index in [2.05, 4.69) is 22.9 Å². The van der Waals surface area contributed by atoms with Crippen molar-refractivity contribution in [1.29, 1.82) is 0 Å². The first-order chi connectivity index (χ1) is 14.6. The van der Waals surface area contributed by atoms with Gasteiger partial charge in [0.25, 0.3) is 0 Å². The lowest BCUT2D eigenvalue weighted by Crippen LogP contribution is -2.09.